The van der Waals surface area contributed by atoms with Gasteiger partial charge >= 0.3 is 6.09 Å². The fourth-order valence-electron chi connectivity index (χ4n) is 3.30. The van der Waals surface area contributed by atoms with Crippen molar-refractivity contribution in [2.24, 2.45) is 0 Å². The largest absolute Gasteiger partial charge is 0.442 e. The number of carbonyl (C=O) groups is 1. The van der Waals surface area contributed by atoms with Gasteiger partial charge in [-0.15, -0.1) is 0 Å². The fraction of sp³-hybridized carbons (Fsp3) is 0.529. The quantitative estimate of drug-likeness (QED) is 0.629. The number of halogens is 2. The van der Waals surface area contributed by atoms with E-state index >= 15 is 0 Å². The van der Waals surface area contributed by atoms with Crippen molar-refractivity contribution in [1.82, 2.24) is 5.32 Å². The molecule has 1 amide bonds. The number of benzene rings is 1. The number of ether oxygens (including phenoxy) is 1. The van der Waals surface area contributed by atoms with Crippen molar-refractivity contribution >= 4 is 39.6 Å². The van der Waals surface area contributed by atoms with Gasteiger partial charge in [-0.2, -0.15) is 10.6 Å². The maximum absolute atomic E-state index is 12.4. The van der Waals surface area contributed by atoms with Gasteiger partial charge in [0.05, 0.1) is 13.1 Å². The first kappa shape index (κ1) is 20.2. The Hall–Kier alpha value is -1.49. The van der Waals surface area contributed by atoms with E-state index in [9.17, 15) is 22.7 Å². The molecule has 3 N–H and O–H groups in total. The Balaban J connectivity index is 1.57. The summed E-state index contributed by atoms with van der Waals surface area (Å²) in [7, 11) is -2.41. The molecule has 6 nitrogen and oxygen atoms in total. The van der Waals surface area contributed by atoms with Gasteiger partial charge in [0.1, 0.15) is 11.1 Å². The fourth-order valence-corrected chi connectivity index (χ4v) is 4.91. The van der Waals surface area contributed by atoms with Crippen molar-refractivity contribution in [3.63, 3.8) is 0 Å². The van der Waals surface area contributed by atoms with Crippen LogP contribution in [0.3, 0.4) is 0 Å². The zero-order valence-corrected chi connectivity index (χ0v) is 16.1. The van der Waals surface area contributed by atoms with Crippen LogP contribution in [0.5, 0.6) is 0 Å². The summed E-state index contributed by atoms with van der Waals surface area (Å²) in [4.78, 5) is 13.0. The minimum absolute atomic E-state index is 0.0397. The minimum atomic E-state index is -2.73. The summed E-state index contributed by atoms with van der Waals surface area (Å²) in [5, 5.41) is 2.41. The first-order valence-corrected chi connectivity index (χ1v) is 10.9. The number of anilines is 1. The molecule has 0 aromatic heterocycles. The van der Waals surface area contributed by atoms with Gasteiger partial charge in [0.15, 0.2) is 0 Å². The number of nitrogens with one attached hydrogen (secondary N) is 1. The lowest BCUT2D eigenvalue weighted by Crippen LogP contribution is -2.36. The maximum Gasteiger partial charge on any atom is 0.414 e. The van der Waals surface area contributed by atoms with Crippen LogP contribution in [0.4, 0.5) is 19.3 Å². The van der Waals surface area contributed by atoms with Crippen molar-refractivity contribution in [3.8, 4) is 0 Å². The molecule has 10 heteroatoms. The molecular weight excluding hydrogens is 398 g/mol. The van der Waals surface area contributed by atoms with Crippen molar-refractivity contribution in [3.05, 3.63) is 29.8 Å². The van der Waals surface area contributed by atoms with Gasteiger partial charge in [-0.05, 0) is 36.5 Å². The zero-order valence-electron chi connectivity index (χ0n) is 14.5. The highest BCUT2D eigenvalue weighted by molar-refractivity contribution is 8.24. The summed E-state index contributed by atoms with van der Waals surface area (Å²) < 4.78 is 49.4. The molecule has 2 heterocycles. The summed E-state index contributed by atoms with van der Waals surface area (Å²) in [5.41, 5.74) is 1.77. The molecule has 0 spiro atoms. The molecule has 1 aromatic carbocycles. The first-order valence-electron chi connectivity index (χ1n) is 8.63. The van der Waals surface area contributed by atoms with Gasteiger partial charge in [-0.1, -0.05) is 24.4 Å². The van der Waals surface area contributed by atoms with Gasteiger partial charge in [0.2, 0.25) is 0 Å². The molecule has 0 aliphatic carbocycles. The standard InChI is InChI=1S/C17H22F2N2O4S2/c18-15(19)16(26)20-9-14-10-21(17(22)25-14)13-3-1-11(2-4-13)12-5-7-27(23,24)8-6-12/h1-4,12,14-15,23-24H,5-10H2,(H,20,26)/t14-/m0/s1. The molecule has 27 heavy (non-hydrogen) atoms. The summed E-state index contributed by atoms with van der Waals surface area (Å²) in [5.74, 6) is 1.12. The Labute approximate surface area is 163 Å². The number of rotatable bonds is 5. The molecule has 2 fully saturated rings. The second kappa shape index (κ2) is 8.26. The molecule has 0 saturated carbocycles. The lowest BCUT2D eigenvalue weighted by Gasteiger charge is -2.39. The number of hydrogen-bond acceptors (Lipinski definition) is 5. The van der Waals surface area contributed by atoms with Gasteiger partial charge in [0.25, 0.3) is 6.43 Å². The summed E-state index contributed by atoms with van der Waals surface area (Å²) >= 11 is 4.51. The van der Waals surface area contributed by atoms with Gasteiger partial charge < -0.3 is 10.1 Å². The van der Waals surface area contributed by atoms with Gasteiger partial charge in [-0.3, -0.25) is 14.0 Å². The monoisotopic (exact) mass is 420 g/mol. The number of nitrogens with zero attached hydrogens (tertiary/aromatic N) is 1. The third-order valence-electron chi connectivity index (χ3n) is 4.84. The SMILES string of the molecule is O=C1O[C@@H](CNC(=S)C(F)F)CN1c1ccc(C2CCS(O)(O)CC2)cc1. The van der Waals surface area contributed by atoms with Crippen molar-refractivity contribution in [1.29, 1.82) is 0 Å². The van der Waals surface area contributed by atoms with E-state index in [2.05, 4.69) is 17.5 Å². The normalized spacial score (nSPS) is 24.0. The molecule has 2 aliphatic rings. The van der Waals surface area contributed by atoms with Crippen LogP contribution < -0.4 is 10.2 Å². The molecule has 0 unspecified atom stereocenters. The number of cyclic esters (lactones) is 1. The van der Waals surface area contributed by atoms with Crippen LogP contribution >= 0.6 is 22.8 Å². The number of carbonyl (C=O) groups excluding carboxylic acids is 1. The molecule has 2 saturated heterocycles. The van der Waals surface area contributed by atoms with Gasteiger partial charge in [0, 0.05) is 17.2 Å². The summed E-state index contributed by atoms with van der Waals surface area (Å²) in [6, 6.07) is 7.51. The number of alkyl halides is 2. The zero-order chi connectivity index (χ0) is 19.6. The molecule has 3 rings (SSSR count). The van der Waals surface area contributed by atoms with E-state index in [1.807, 2.05) is 24.3 Å². The Morgan fingerprint density at radius 2 is 1.93 bits per heavy atom. The van der Waals surface area contributed by atoms with Crippen LogP contribution in [0.2, 0.25) is 0 Å². The van der Waals surface area contributed by atoms with E-state index in [1.165, 1.54) is 4.90 Å². The van der Waals surface area contributed by atoms with Crippen LogP contribution in [0.15, 0.2) is 24.3 Å². The minimum Gasteiger partial charge on any atom is -0.442 e. The third kappa shape index (κ3) is 5.07. The van der Waals surface area contributed by atoms with Crippen molar-refractivity contribution in [2.45, 2.75) is 31.3 Å². The van der Waals surface area contributed by atoms with Crippen LogP contribution in [-0.2, 0) is 4.74 Å². The van der Waals surface area contributed by atoms with Crippen LogP contribution in [0.1, 0.15) is 24.3 Å². The predicted molar refractivity (Wildman–Crippen MR) is 105 cm³/mol. The second-order valence-corrected chi connectivity index (χ2v) is 9.60. The molecule has 2 aliphatic heterocycles. The molecule has 0 radical (unpaired) electrons. The molecule has 150 valence electrons. The van der Waals surface area contributed by atoms with E-state index in [0.717, 1.165) is 18.4 Å². The molecule has 1 aromatic rings. The van der Waals surface area contributed by atoms with Crippen LogP contribution in [0.25, 0.3) is 0 Å². The van der Waals surface area contributed by atoms with E-state index in [0.29, 0.717) is 17.2 Å². The topological polar surface area (TPSA) is 82.0 Å². The average molecular weight is 421 g/mol. The van der Waals surface area contributed by atoms with Gasteiger partial charge in [-0.25, -0.2) is 13.6 Å². The average Bonchev–Trinajstić information content (AvgIpc) is 3.00. The Kier molecular flexibility index (Phi) is 6.19. The highest BCUT2D eigenvalue weighted by Gasteiger charge is 2.33. The van der Waals surface area contributed by atoms with E-state index in [-0.39, 0.29) is 19.0 Å². The molecule has 0 bridgehead atoms. The smallest absolute Gasteiger partial charge is 0.414 e. The van der Waals surface area contributed by atoms with E-state index in [4.69, 9.17) is 4.74 Å². The highest BCUT2D eigenvalue weighted by atomic mass is 32.3. The van der Waals surface area contributed by atoms with Crippen LogP contribution in [0, 0.1) is 0 Å². The van der Waals surface area contributed by atoms with E-state index in [1.54, 1.807) is 0 Å². The number of hydrogen-bond donors (Lipinski definition) is 3. The van der Waals surface area contributed by atoms with E-state index < -0.39 is 34.2 Å². The maximum atomic E-state index is 12.4. The molecule has 1 atom stereocenters. The lowest BCUT2D eigenvalue weighted by atomic mass is 9.93. The second-order valence-electron chi connectivity index (χ2n) is 6.74. The number of thiocarbonyl (C=S) groups is 1. The van der Waals surface area contributed by atoms with Crippen molar-refractivity contribution < 1.29 is 27.4 Å². The first-order chi connectivity index (χ1) is 12.7. The lowest BCUT2D eigenvalue weighted by molar-refractivity contribution is 0.142. The Morgan fingerprint density at radius 3 is 2.52 bits per heavy atom. The third-order valence-corrected chi connectivity index (χ3v) is 6.94. The predicted octanol–water partition coefficient (Wildman–Crippen LogP) is 3.82. The summed E-state index contributed by atoms with van der Waals surface area (Å²) in [6.45, 7) is 0.291. The van der Waals surface area contributed by atoms with Crippen LogP contribution in [-0.4, -0.2) is 57.3 Å². The number of amides is 1. The Bertz CT molecular complexity index is 693. The van der Waals surface area contributed by atoms with Crippen molar-refractivity contribution in [2.75, 3.05) is 29.5 Å². The molecular formula is C17H22F2N2O4S2. The Morgan fingerprint density at radius 1 is 1.30 bits per heavy atom. The summed E-state index contributed by atoms with van der Waals surface area (Å²) in [6.07, 6.45) is -2.36. The highest BCUT2D eigenvalue weighted by Crippen LogP contribution is 2.48.